The molecule has 1 atom stereocenters. The predicted octanol–water partition coefficient (Wildman–Crippen LogP) is 2.29. The van der Waals surface area contributed by atoms with Crippen LogP contribution >= 0.6 is 15.9 Å². The summed E-state index contributed by atoms with van der Waals surface area (Å²) < 4.78 is 14.0. The van der Waals surface area contributed by atoms with Gasteiger partial charge in [0.15, 0.2) is 0 Å². The van der Waals surface area contributed by atoms with E-state index in [1.54, 1.807) is 6.92 Å². The van der Waals surface area contributed by atoms with Crippen LogP contribution in [0.3, 0.4) is 0 Å². The minimum Gasteiger partial charge on any atom is -0.334 e. The van der Waals surface area contributed by atoms with E-state index in [9.17, 15) is 14.0 Å². The molecule has 2 amide bonds. The first-order chi connectivity index (χ1) is 9.36. The molecule has 7 heteroatoms. The molecule has 0 saturated heterocycles. The highest BCUT2D eigenvalue weighted by Crippen LogP contribution is 2.20. The number of rotatable bonds is 3. The molecule has 20 heavy (non-hydrogen) atoms. The molecule has 0 fully saturated rings. The van der Waals surface area contributed by atoms with E-state index in [1.165, 1.54) is 25.2 Å². The summed E-state index contributed by atoms with van der Waals surface area (Å²) in [6.45, 7) is 1.65. The molecule has 1 N–H and O–H groups in total. The highest BCUT2D eigenvalue weighted by Gasteiger charge is 2.23. The van der Waals surface area contributed by atoms with Crippen LogP contribution in [-0.4, -0.2) is 29.8 Å². The molecule has 1 rings (SSSR count). The van der Waals surface area contributed by atoms with Crippen molar-refractivity contribution in [2.24, 2.45) is 0 Å². The summed E-state index contributed by atoms with van der Waals surface area (Å²) >= 11 is 3.15. The van der Waals surface area contributed by atoms with E-state index in [0.717, 1.165) is 4.90 Å². The summed E-state index contributed by atoms with van der Waals surface area (Å²) in [4.78, 5) is 24.7. The normalized spacial score (nSPS) is 11.3. The Kier molecular flexibility index (Phi) is 5.65. The average molecular weight is 342 g/mol. The Morgan fingerprint density at radius 1 is 1.55 bits per heavy atom. The third-order valence-corrected chi connectivity index (χ3v) is 3.23. The Morgan fingerprint density at radius 3 is 2.80 bits per heavy atom. The van der Waals surface area contributed by atoms with Gasteiger partial charge in [0.05, 0.1) is 18.2 Å². The van der Waals surface area contributed by atoms with Gasteiger partial charge in [0, 0.05) is 17.6 Å². The molecule has 0 aromatic heterocycles. The van der Waals surface area contributed by atoms with Gasteiger partial charge >= 0.3 is 11.8 Å². The van der Waals surface area contributed by atoms with Crippen molar-refractivity contribution in [3.8, 4) is 6.07 Å². The molecule has 0 bridgehead atoms. The molecule has 0 aliphatic heterocycles. The van der Waals surface area contributed by atoms with E-state index in [-0.39, 0.29) is 12.1 Å². The van der Waals surface area contributed by atoms with Crippen molar-refractivity contribution in [2.45, 2.75) is 19.4 Å². The summed E-state index contributed by atoms with van der Waals surface area (Å²) in [5.74, 6) is -2.41. The molecule has 1 aromatic rings. The fraction of sp³-hybridized carbons (Fsp3) is 0.308. The van der Waals surface area contributed by atoms with Gasteiger partial charge in [0.2, 0.25) is 0 Å². The second-order valence-corrected chi connectivity index (χ2v) is 5.12. The third kappa shape index (κ3) is 4.03. The van der Waals surface area contributed by atoms with Gasteiger partial charge in [-0.25, -0.2) is 4.39 Å². The predicted molar refractivity (Wildman–Crippen MR) is 75.2 cm³/mol. The van der Waals surface area contributed by atoms with Gasteiger partial charge in [-0.05, 0) is 25.1 Å². The molecule has 0 aliphatic rings. The van der Waals surface area contributed by atoms with Crippen LogP contribution in [0.1, 0.15) is 13.3 Å². The summed E-state index contributed by atoms with van der Waals surface area (Å²) in [6.07, 6.45) is 0.112. The van der Waals surface area contributed by atoms with Crippen LogP contribution in [0, 0.1) is 17.1 Å². The Hall–Kier alpha value is -1.94. The Bertz CT molecular complexity index is 571. The van der Waals surface area contributed by atoms with E-state index in [2.05, 4.69) is 21.2 Å². The lowest BCUT2D eigenvalue weighted by molar-refractivity contribution is -0.143. The minimum atomic E-state index is -0.950. The zero-order valence-corrected chi connectivity index (χ0v) is 12.6. The van der Waals surface area contributed by atoms with Gasteiger partial charge in [-0.3, -0.25) is 9.59 Å². The topological polar surface area (TPSA) is 73.2 Å². The van der Waals surface area contributed by atoms with Crippen molar-refractivity contribution in [1.29, 1.82) is 5.26 Å². The van der Waals surface area contributed by atoms with Crippen molar-refractivity contribution in [2.75, 3.05) is 12.4 Å². The van der Waals surface area contributed by atoms with Crippen LogP contribution in [-0.2, 0) is 9.59 Å². The molecule has 1 aromatic carbocycles. The number of likely N-dealkylation sites (N-methyl/N-ethyl adjacent to an activating group) is 1. The zero-order valence-electron chi connectivity index (χ0n) is 11.0. The summed E-state index contributed by atoms with van der Waals surface area (Å²) in [5, 5.41) is 10.8. The van der Waals surface area contributed by atoms with E-state index in [0.29, 0.717) is 4.47 Å². The number of nitrogens with one attached hydrogen (secondary N) is 1. The van der Waals surface area contributed by atoms with Crippen molar-refractivity contribution in [3.05, 3.63) is 28.5 Å². The lowest BCUT2D eigenvalue weighted by Gasteiger charge is -2.22. The van der Waals surface area contributed by atoms with Crippen molar-refractivity contribution >= 4 is 33.4 Å². The van der Waals surface area contributed by atoms with Gasteiger partial charge in [-0.2, -0.15) is 5.26 Å². The molecular weight excluding hydrogens is 329 g/mol. The van der Waals surface area contributed by atoms with Crippen LogP contribution in [0.4, 0.5) is 10.1 Å². The number of nitriles is 1. The summed E-state index contributed by atoms with van der Waals surface area (Å²) in [7, 11) is 1.42. The maximum absolute atomic E-state index is 13.5. The summed E-state index contributed by atoms with van der Waals surface area (Å²) in [6, 6.07) is 5.53. The van der Waals surface area contributed by atoms with E-state index >= 15 is 0 Å². The van der Waals surface area contributed by atoms with Crippen molar-refractivity contribution < 1.29 is 14.0 Å². The zero-order chi connectivity index (χ0) is 15.3. The fourth-order valence-corrected chi connectivity index (χ4v) is 1.76. The highest BCUT2D eigenvalue weighted by molar-refractivity contribution is 9.10. The lowest BCUT2D eigenvalue weighted by Crippen LogP contribution is -2.42. The second-order valence-electron chi connectivity index (χ2n) is 4.21. The third-order valence-electron chi connectivity index (χ3n) is 2.74. The van der Waals surface area contributed by atoms with E-state index in [1.807, 2.05) is 6.07 Å². The van der Waals surface area contributed by atoms with E-state index < -0.39 is 23.7 Å². The Labute approximate surface area is 124 Å². The van der Waals surface area contributed by atoms with Crippen LogP contribution in [0.5, 0.6) is 0 Å². The first-order valence-corrected chi connectivity index (χ1v) is 6.56. The maximum Gasteiger partial charge on any atom is 0.313 e. The monoisotopic (exact) mass is 341 g/mol. The Morgan fingerprint density at radius 2 is 2.20 bits per heavy atom. The molecule has 0 aliphatic carbocycles. The highest BCUT2D eigenvalue weighted by atomic mass is 79.9. The molecule has 5 nitrogen and oxygen atoms in total. The largest absolute Gasteiger partial charge is 0.334 e. The number of hydrogen-bond donors (Lipinski definition) is 1. The number of anilines is 1. The molecule has 0 spiro atoms. The van der Waals surface area contributed by atoms with Crippen molar-refractivity contribution in [3.63, 3.8) is 0 Å². The van der Waals surface area contributed by atoms with Gasteiger partial charge < -0.3 is 10.2 Å². The molecule has 0 saturated carbocycles. The minimum absolute atomic E-state index is 0.0842. The number of carbonyl (C=O) groups excluding carboxylic acids is 2. The smallest absolute Gasteiger partial charge is 0.313 e. The van der Waals surface area contributed by atoms with Gasteiger partial charge in [-0.1, -0.05) is 15.9 Å². The van der Waals surface area contributed by atoms with Gasteiger partial charge in [-0.15, -0.1) is 0 Å². The first-order valence-electron chi connectivity index (χ1n) is 5.77. The molecule has 1 unspecified atom stereocenters. The van der Waals surface area contributed by atoms with Gasteiger partial charge in [0.1, 0.15) is 5.82 Å². The first kappa shape index (κ1) is 16.1. The number of hydrogen-bond acceptors (Lipinski definition) is 3. The summed E-state index contributed by atoms with van der Waals surface area (Å²) in [5.41, 5.74) is -0.0842. The van der Waals surface area contributed by atoms with Gasteiger partial charge in [0.25, 0.3) is 0 Å². The van der Waals surface area contributed by atoms with Crippen LogP contribution in [0.15, 0.2) is 22.7 Å². The van der Waals surface area contributed by atoms with Crippen LogP contribution < -0.4 is 5.32 Å². The lowest BCUT2D eigenvalue weighted by atomic mass is 10.2. The average Bonchev–Trinajstić information content (AvgIpc) is 2.41. The Balaban J connectivity index is 2.78. The number of nitrogens with zero attached hydrogens (tertiary/aromatic N) is 2. The number of benzene rings is 1. The number of halogens is 2. The van der Waals surface area contributed by atoms with Crippen molar-refractivity contribution in [1.82, 2.24) is 4.90 Å². The molecule has 0 radical (unpaired) electrons. The fourth-order valence-electron chi connectivity index (χ4n) is 1.40. The number of carbonyl (C=O) groups is 2. The van der Waals surface area contributed by atoms with Crippen LogP contribution in [0.2, 0.25) is 0 Å². The standard InChI is InChI=1S/C13H13BrFN3O2/c1-8(5-6-16)18(2)13(20)12(19)17-11-7-9(14)3-4-10(11)15/h3-4,7-8H,5H2,1-2H3,(H,17,19). The van der Waals surface area contributed by atoms with Crippen LogP contribution in [0.25, 0.3) is 0 Å². The number of amides is 2. The quantitative estimate of drug-likeness (QED) is 0.857. The maximum atomic E-state index is 13.5. The second kappa shape index (κ2) is 7.01. The van der Waals surface area contributed by atoms with E-state index in [4.69, 9.17) is 5.26 Å². The molecule has 0 heterocycles. The molecule has 106 valence electrons. The molecular formula is C13H13BrFN3O2. The SMILES string of the molecule is CC(CC#N)N(C)C(=O)C(=O)Nc1cc(Br)ccc1F.